The lowest BCUT2D eigenvalue weighted by atomic mass is 10.0. The number of nitrogen functional groups attached to an aromatic ring is 4. The van der Waals surface area contributed by atoms with Gasteiger partial charge in [0.05, 0.1) is 43.0 Å². The molecule has 0 spiro atoms. The Hall–Kier alpha value is -14.9. The summed E-state index contributed by atoms with van der Waals surface area (Å²) in [5, 5.41) is 28.7. The maximum atomic E-state index is 15.1. The Bertz CT molecular complexity index is 6330. The smallest absolute Gasteiger partial charge is 0.254 e. The van der Waals surface area contributed by atoms with Crippen LogP contribution >= 0.6 is 0 Å². The quantitative estimate of drug-likeness (QED) is 0.0236. The van der Waals surface area contributed by atoms with Crippen molar-refractivity contribution in [3.05, 3.63) is 282 Å². The number of nitrogens with two attached hydrogens (primary N) is 8. The highest BCUT2D eigenvalue weighted by atomic mass is 19.1. The molecule has 3 aliphatic rings. The van der Waals surface area contributed by atoms with Gasteiger partial charge in [0.2, 0.25) is 0 Å². The summed E-state index contributed by atoms with van der Waals surface area (Å²) in [5.41, 5.74) is 54.8. The van der Waals surface area contributed by atoms with Crippen LogP contribution in [0.3, 0.4) is 0 Å². The Morgan fingerprint density at radius 1 is 0.424 bits per heavy atom. The first-order valence-corrected chi connectivity index (χ1v) is 42.7. The summed E-state index contributed by atoms with van der Waals surface area (Å²) >= 11 is 0. The lowest BCUT2D eigenvalue weighted by Crippen LogP contribution is -2.24. The molecule has 0 aliphatic carbocycles. The minimum absolute atomic E-state index is 0.00350. The van der Waals surface area contributed by atoms with Crippen molar-refractivity contribution in [2.24, 2.45) is 22.9 Å². The number of nitrogens with zero attached hydrogens (tertiary/aromatic N) is 8. The summed E-state index contributed by atoms with van der Waals surface area (Å²) < 4.78 is 96.2. The molecule has 12 aromatic rings. The van der Waals surface area contributed by atoms with Gasteiger partial charge in [-0.15, -0.1) is 0 Å². The lowest BCUT2D eigenvalue weighted by Gasteiger charge is -2.23. The first-order valence-electron chi connectivity index (χ1n) is 42.7. The second-order valence-electron chi connectivity index (χ2n) is 32.9. The number of carbonyl (C=O) groups excluding carboxylic acids is 8. The molecular weight excluding hydrogens is 1700 g/mol. The molecule has 15 rings (SSSR count). The van der Waals surface area contributed by atoms with E-state index in [0.717, 1.165) is 88.5 Å². The number of aromatic nitrogens is 8. The molecular formula is C96H105F5N20O11. The Balaban J connectivity index is 0.000000159. The normalized spacial score (nSPS) is 14.8. The third-order valence-electron chi connectivity index (χ3n) is 23.2. The van der Waals surface area contributed by atoms with Gasteiger partial charge in [0, 0.05) is 108 Å². The molecule has 7 heterocycles. The standard InChI is InChI=1S/C25H29N5O3.C24H24F3N5O3.C24H25F2N5O3.C23H27N5O2/c1-15-6-4-5-7-19(15)24(32)28-13-16-8-10-17(11-9-16)21-20(23(27)31)22(26)30(29-21)18-12-25(2,3)33-14-18;1-12-4-5-14(25)8-16(12)24(34)30-10-13-7-19(27)17(9-18(13)26)21-20(23(29)33)22(28)32(31-21)15-3-2-6-35-11-15;1-13-4-2-3-5-16(13)24(33)29-12-14-10-19(26)17(11-18(14)25)21-20(23(28)32)22(27)31(30-21)15-6-8-34-9-7-15;1-4-15(3)28-21(24)19(22(25)29)20(27-28)17-11-9-16(10-12-17)13-26-23(30)18-8-6-5-7-14(18)2/h4-11,18H,12-14,26H2,1-3H3,(H2,27,31)(H,28,32);4-5,7-9,15H,2-3,6,10-11,28H2,1H3,(H2,29,33)(H,30,34);2-5,10-11,15H,6-9,12,27H2,1H3,(H2,28,32)(H,29,33);5-12,15H,4,13,24H2,1-3H3,(H2,25,29)(H,26,30). The van der Waals surface area contributed by atoms with Crippen LogP contribution in [0.15, 0.2) is 164 Å². The van der Waals surface area contributed by atoms with Gasteiger partial charge in [0.15, 0.2) is 0 Å². The molecule has 3 unspecified atom stereocenters. The predicted molar refractivity (Wildman–Crippen MR) is 488 cm³/mol. The number of hydrogen-bond acceptors (Lipinski definition) is 19. The number of halogens is 5. The number of primary amides is 4. The molecule has 8 aromatic carbocycles. The largest absolute Gasteiger partial charge is 0.383 e. The van der Waals surface area contributed by atoms with Crippen LogP contribution in [-0.4, -0.2) is 125 Å². The van der Waals surface area contributed by atoms with Gasteiger partial charge in [0.1, 0.15) is 97.4 Å². The fourth-order valence-electron chi connectivity index (χ4n) is 15.7. The van der Waals surface area contributed by atoms with Crippen LogP contribution < -0.4 is 67.1 Å². The van der Waals surface area contributed by atoms with E-state index in [-0.39, 0.29) is 139 Å². The fraction of sp³-hybridized carbons (Fsp3) is 0.292. The second-order valence-corrected chi connectivity index (χ2v) is 32.9. The topological polar surface area (TPSA) is 492 Å². The highest BCUT2D eigenvalue weighted by Gasteiger charge is 2.38. The zero-order valence-corrected chi connectivity index (χ0v) is 74.1. The van der Waals surface area contributed by atoms with Gasteiger partial charge in [-0.2, -0.15) is 20.4 Å². The van der Waals surface area contributed by atoms with Crippen molar-refractivity contribution < 1.29 is 74.5 Å². The summed E-state index contributed by atoms with van der Waals surface area (Å²) in [6.45, 7) is 17.8. The first-order chi connectivity index (χ1) is 62.9. The van der Waals surface area contributed by atoms with Gasteiger partial charge in [-0.1, -0.05) is 116 Å². The van der Waals surface area contributed by atoms with Gasteiger partial charge >= 0.3 is 0 Å². The Labute approximate surface area is 757 Å². The number of nitrogens with one attached hydrogen (secondary N) is 4. The summed E-state index contributed by atoms with van der Waals surface area (Å²) in [6.07, 6.45) is 4.21. The minimum atomic E-state index is -0.929. The van der Waals surface area contributed by atoms with E-state index in [4.69, 9.17) is 60.1 Å². The van der Waals surface area contributed by atoms with Gasteiger partial charge in [-0.05, 0) is 169 Å². The highest BCUT2D eigenvalue weighted by molar-refractivity contribution is 6.06. The van der Waals surface area contributed by atoms with Crippen molar-refractivity contribution in [2.75, 3.05) is 56.0 Å². The molecule has 3 fully saturated rings. The summed E-state index contributed by atoms with van der Waals surface area (Å²) in [5.74, 6) is -7.75. The van der Waals surface area contributed by atoms with Gasteiger partial charge in [-0.25, -0.2) is 40.7 Å². The highest BCUT2D eigenvalue weighted by Crippen LogP contribution is 2.40. The average Bonchev–Trinajstić information content (AvgIpc) is 1.63. The van der Waals surface area contributed by atoms with Crippen LogP contribution in [0.2, 0.25) is 0 Å². The third kappa shape index (κ3) is 22.1. The van der Waals surface area contributed by atoms with Crippen molar-refractivity contribution in [2.45, 2.75) is 150 Å². The maximum Gasteiger partial charge on any atom is 0.254 e. The zero-order chi connectivity index (χ0) is 95.3. The van der Waals surface area contributed by atoms with Crippen molar-refractivity contribution in [3.8, 4) is 45.0 Å². The monoisotopic (exact) mass is 1810 g/mol. The van der Waals surface area contributed by atoms with Crippen LogP contribution in [0.25, 0.3) is 45.0 Å². The minimum Gasteiger partial charge on any atom is -0.383 e. The molecule has 36 heteroatoms. The van der Waals surface area contributed by atoms with Gasteiger partial charge in [0.25, 0.3) is 47.3 Å². The Kier molecular flexibility index (Phi) is 30.7. The molecule has 20 N–H and O–H groups in total. The number of carbonyl (C=O) groups is 8. The molecule has 3 aliphatic heterocycles. The molecule has 690 valence electrons. The number of ether oxygens (including phenoxy) is 3. The van der Waals surface area contributed by atoms with E-state index in [0.29, 0.717) is 99.0 Å². The van der Waals surface area contributed by atoms with Crippen LogP contribution in [0, 0.1) is 56.8 Å². The van der Waals surface area contributed by atoms with Gasteiger partial charge < -0.3 is 81.3 Å². The number of rotatable bonds is 25. The van der Waals surface area contributed by atoms with Crippen LogP contribution in [0.4, 0.5) is 45.2 Å². The molecule has 132 heavy (non-hydrogen) atoms. The predicted octanol–water partition coefficient (Wildman–Crippen LogP) is 13.0. The van der Waals surface area contributed by atoms with Crippen molar-refractivity contribution in [3.63, 3.8) is 0 Å². The molecule has 31 nitrogen and oxygen atoms in total. The van der Waals surface area contributed by atoms with Gasteiger partial charge in [-0.3, -0.25) is 38.4 Å². The number of benzene rings is 8. The maximum absolute atomic E-state index is 15.1. The zero-order valence-electron chi connectivity index (χ0n) is 74.1. The SMILES string of the molecule is CCC(C)n1nc(-c2ccc(CNC(=O)c3ccccc3C)cc2)c(C(N)=O)c1N.Cc1ccc(F)cc1C(=O)NCc1cc(F)c(-c2nn(C3CCCOC3)c(N)c2C(N)=O)cc1F.Cc1ccccc1C(=O)NCc1cc(F)c(-c2nn(C3CCOCC3)c(N)c2C(N)=O)cc1F.Cc1ccccc1C(=O)NCc1ccc(-c2nn(C3COC(C)(C)C3)c(N)c2C(N)=O)cc1. The molecule has 0 radical (unpaired) electrons. The van der Waals surface area contributed by atoms with E-state index in [1.54, 1.807) is 59.6 Å². The van der Waals surface area contributed by atoms with E-state index in [1.165, 1.54) is 21.5 Å². The van der Waals surface area contributed by atoms with Crippen molar-refractivity contribution >= 4 is 70.5 Å². The van der Waals surface area contributed by atoms with E-state index in [9.17, 15) is 51.5 Å². The summed E-state index contributed by atoms with van der Waals surface area (Å²) in [7, 11) is 0. The average molecular weight is 1810 g/mol. The van der Waals surface area contributed by atoms with Crippen LogP contribution in [-0.2, 0) is 40.4 Å². The molecule has 0 saturated carbocycles. The number of amides is 8. The first kappa shape index (κ1) is 96.2. The summed E-state index contributed by atoms with van der Waals surface area (Å²) in [6, 6.07) is 43.8. The fourth-order valence-corrected chi connectivity index (χ4v) is 15.7. The molecule has 0 bridgehead atoms. The lowest BCUT2D eigenvalue weighted by molar-refractivity contribution is 0.0350. The number of hydrogen-bond donors (Lipinski definition) is 12. The van der Waals surface area contributed by atoms with E-state index < -0.39 is 64.5 Å². The van der Waals surface area contributed by atoms with E-state index in [2.05, 4.69) is 41.7 Å². The Morgan fingerprint density at radius 2 is 0.811 bits per heavy atom. The number of anilines is 4. The molecule has 3 saturated heterocycles. The van der Waals surface area contributed by atoms with Crippen LogP contribution in [0.1, 0.15) is 218 Å². The van der Waals surface area contributed by atoms with Crippen molar-refractivity contribution in [1.29, 1.82) is 0 Å². The Morgan fingerprint density at radius 3 is 1.22 bits per heavy atom. The van der Waals surface area contributed by atoms with E-state index in [1.807, 2.05) is 126 Å². The number of aryl methyl sites for hydroxylation is 4. The van der Waals surface area contributed by atoms with E-state index >= 15 is 8.78 Å². The van der Waals surface area contributed by atoms with Crippen LogP contribution in [0.5, 0.6) is 0 Å². The summed E-state index contributed by atoms with van der Waals surface area (Å²) in [4.78, 5) is 98.1. The molecule has 3 atom stereocenters. The molecule has 4 aromatic heterocycles. The van der Waals surface area contributed by atoms with Crippen molar-refractivity contribution in [1.82, 2.24) is 60.4 Å². The second kappa shape index (κ2) is 42.1. The molecule has 8 amide bonds. The third-order valence-corrected chi connectivity index (χ3v) is 23.2.